The maximum atomic E-state index is 4.34. The minimum atomic E-state index is 0.850. The molecule has 0 aromatic carbocycles. The third kappa shape index (κ3) is 7.56. The number of aromatic nitrogens is 2. The molecule has 2 rings (SSSR count). The van der Waals surface area contributed by atoms with Crippen molar-refractivity contribution in [3.05, 3.63) is 18.5 Å². The Hall–Kier alpha value is -1.89. The molecule has 26 heavy (non-hydrogen) atoms. The van der Waals surface area contributed by atoms with E-state index in [4.69, 9.17) is 0 Å². The zero-order chi connectivity index (χ0) is 18.5. The van der Waals surface area contributed by atoms with Crippen molar-refractivity contribution in [2.45, 2.75) is 39.0 Å². The summed E-state index contributed by atoms with van der Waals surface area (Å²) in [5.41, 5.74) is 0. The van der Waals surface area contributed by atoms with E-state index in [-0.39, 0.29) is 0 Å². The van der Waals surface area contributed by atoms with Crippen LogP contribution in [-0.4, -0.2) is 73.7 Å². The number of rotatable bonds is 10. The molecule has 146 valence electrons. The van der Waals surface area contributed by atoms with Crippen LogP contribution in [0.5, 0.6) is 0 Å². The van der Waals surface area contributed by atoms with E-state index in [1.165, 1.54) is 25.7 Å². The minimum Gasteiger partial charge on any atom is -0.356 e. The van der Waals surface area contributed by atoms with Crippen LogP contribution in [0.3, 0.4) is 0 Å². The second-order valence-electron chi connectivity index (χ2n) is 6.72. The van der Waals surface area contributed by atoms with Crippen LogP contribution in [0.1, 0.15) is 39.0 Å². The highest BCUT2D eigenvalue weighted by molar-refractivity contribution is 5.79. The van der Waals surface area contributed by atoms with E-state index in [0.717, 1.165) is 64.1 Å². The van der Waals surface area contributed by atoms with E-state index >= 15 is 0 Å². The number of guanidine groups is 1. The topological polar surface area (TPSA) is 68.7 Å². The molecule has 1 fully saturated rings. The maximum absolute atomic E-state index is 4.34. The lowest BCUT2D eigenvalue weighted by molar-refractivity contribution is 0.254. The van der Waals surface area contributed by atoms with Crippen LogP contribution in [0.2, 0.25) is 0 Å². The maximum Gasteiger partial charge on any atom is 0.225 e. The molecule has 0 spiro atoms. The Morgan fingerprint density at radius 3 is 2.35 bits per heavy atom. The smallest absolute Gasteiger partial charge is 0.225 e. The molecule has 1 aliphatic heterocycles. The first-order chi connectivity index (χ1) is 12.8. The van der Waals surface area contributed by atoms with Gasteiger partial charge in [0.2, 0.25) is 5.95 Å². The predicted octanol–water partition coefficient (Wildman–Crippen LogP) is 1.73. The Kier molecular flexibility index (Phi) is 9.79. The van der Waals surface area contributed by atoms with E-state index in [2.05, 4.69) is 42.3 Å². The lowest BCUT2D eigenvalue weighted by Crippen LogP contribution is -2.47. The van der Waals surface area contributed by atoms with Crippen molar-refractivity contribution < 1.29 is 0 Å². The van der Waals surface area contributed by atoms with Gasteiger partial charge in [-0.15, -0.1) is 0 Å². The van der Waals surface area contributed by atoms with E-state index in [1.54, 1.807) is 0 Å². The van der Waals surface area contributed by atoms with Gasteiger partial charge < -0.3 is 15.5 Å². The molecule has 0 atom stereocenters. The molecular weight excluding hydrogens is 326 g/mol. The van der Waals surface area contributed by atoms with Crippen molar-refractivity contribution in [3.8, 4) is 0 Å². The summed E-state index contributed by atoms with van der Waals surface area (Å²) in [6.07, 6.45) is 9.84. The SMILES string of the molecule is CCCCCCNC(=NC)NCCCN1CCN(c2ncccn2)CC1. The first-order valence-electron chi connectivity index (χ1n) is 10.0. The number of unbranched alkanes of at least 4 members (excludes halogenated alkanes) is 3. The Morgan fingerprint density at radius 1 is 1.00 bits per heavy atom. The molecule has 0 radical (unpaired) electrons. The average Bonchev–Trinajstić information content (AvgIpc) is 2.70. The first-order valence-corrected chi connectivity index (χ1v) is 10.0. The third-order valence-electron chi connectivity index (χ3n) is 4.70. The second-order valence-corrected chi connectivity index (χ2v) is 6.72. The van der Waals surface area contributed by atoms with Gasteiger partial charge >= 0.3 is 0 Å². The van der Waals surface area contributed by atoms with Crippen LogP contribution in [-0.2, 0) is 0 Å². The van der Waals surface area contributed by atoms with Crippen molar-refractivity contribution in [2.75, 3.05) is 57.8 Å². The molecule has 0 saturated carbocycles. The van der Waals surface area contributed by atoms with Gasteiger partial charge in [-0.25, -0.2) is 9.97 Å². The fraction of sp³-hybridized carbons (Fsp3) is 0.737. The fourth-order valence-electron chi connectivity index (χ4n) is 3.11. The summed E-state index contributed by atoms with van der Waals surface area (Å²) in [4.78, 5) is 17.8. The molecule has 7 nitrogen and oxygen atoms in total. The standard InChI is InChI=1S/C19H35N7/c1-3-4-5-6-9-21-18(20-2)22-12-8-13-25-14-16-26(17-15-25)19-23-10-7-11-24-19/h7,10-11H,3-6,8-9,12-17H2,1-2H3,(H2,20,21,22). The number of hydrogen-bond donors (Lipinski definition) is 2. The van der Waals surface area contributed by atoms with Gasteiger partial charge in [-0.2, -0.15) is 0 Å². The Bertz CT molecular complexity index is 498. The van der Waals surface area contributed by atoms with Gasteiger partial charge in [0.05, 0.1) is 0 Å². The average molecular weight is 362 g/mol. The highest BCUT2D eigenvalue weighted by Crippen LogP contribution is 2.09. The monoisotopic (exact) mass is 361 g/mol. The molecule has 2 N–H and O–H groups in total. The van der Waals surface area contributed by atoms with Crippen LogP contribution in [0.25, 0.3) is 0 Å². The zero-order valence-corrected chi connectivity index (χ0v) is 16.5. The Morgan fingerprint density at radius 2 is 1.69 bits per heavy atom. The van der Waals surface area contributed by atoms with Crippen molar-refractivity contribution in [2.24, 2.45) is 4.99 Å². The van der Waals surface area contributed by atoms with Gasteiger partial charge in [-0.3, -0.25) is 9.89 Å². The first kappa shape index (κ1) is 20.4. The molecule has 1 aromatic rings. The molecule has 0 amide bonds. The second kappa shape index (κ2) is 12.5. The quantitative estimate of drug-likeness (QED) is 0.376. The largest absolute Gasteiger partial charge is 0.356 e. The van der Waals surface area contributed by atoms with Gasteiger partial charge in [0, 0.05) is 58.7 Å². The Labute approximate surface area is 158 Å². The number of hydrogen-bond acceptors (Lipinski definition) is 5. The fourth-order valence-corrected chi connectivity index (χ4v) is 3.11. The van der Waals surface area contributed by atoms with Crippen molar-refractivity contribution >= 4 is 11.9 Å². The van der Waals surface area contributed by atoms with E-state index in [0.29, 0.717) is 0 Å². The number of nitrogens with zero attached hydrogens (tertiary/aromatic N) is 5. The van der Waals surface area contributed by atoms with Crippen LogP contribution >= 0.6 is 0 Å². The number of piperazine rings is 1. The summed E-state index contributed by atoms with van der Waals surface area (Å²) in [5, 5.41) is 6.81. The molecule has 1 aliphatic rings. The molecule has 0 aliphatic carbocycles. The molecule has 0 unspecified atom stereocenters. The highest BCUT2D eigenvalue weighted by atomic mass is 15.3. The van der Waals surface area contributed by atoms with E-state index < -0.39 is 0 Å². The lowest BCUT2D eigenvalue weighted by atomic mass is 10.2. The highest BCUT2D eigenvalue weighted by Gasteiger charge is 2.18. The lowest BCUT2D eigenvalue weighted by Gasteiger charge is -2.34. The molecular formula is C19H35N7. The van der Waals surface area contributed by atoms with Crippen LogP contribution in [0.15, 0.2) is 23.5 Å². The van der Waals surface area contributed by atoms with Gasteiger partial charge in [0.15, 0.2) is 5.96 Å². The number of nitrogens with one attached hydrogen (secondary N) is 2. The summed E-state index contributed by atoms with van der Waals surface area (Å²) in [5.74, 6) is 1.77. The summed E-state index contributed by atoms with van der Waals surface area (Å²) >= 11 is 0. The molecule has 2 heterocycles. The minimum absolute atomic E-state index is 0.850. The van der Waals surface area contributed by atoms with Gasteiger partial charge in [-0.1, -0.05) is 26.2 Å². The molecule has 7 heteroatoms. The van der Waals surface area contributed by atoms with Gasteiger partial charge in [0.1, 0.15) is 0 Å². The summed E-state index contributed by atoms with van der Waals surface area (Å²) < 4.78 is 0. The van der Waals surface area contributed by atoms with Gasteiger partial charge in [-0.05, 0) is 25.5 Å². The van der Waals surface area contributed by atoms with Crippen molar-refractivity contribution in [3.63, 3.8) is 0 Å². The van der Waals surface area contributed by atoms with E-state index in [1.807, 2.05) is 25.5 Å². The van der Waals surface area contributed by atoms with Crippen LogP contribution in [0, 0.1) is 0 Å². The van der Waals surface area contributed by atoms with E-state index in [9.17, 15) is 0 Å². The molecule has 1 aromatic heterocycles. The number of aliphatic imine (C=N–C) groups is 1. The molecule has 1 saturated heterocycles. The normalized spacial score (nSPS) is 15.9. The Balaban J connectivity index is 1.53. The predicted molar refractivity (Wildman–Crippen MR) is 109 cm³/mol. The number of anilines is 1. The third-order valence-corrected chi connectivity index (χ3v) is 4.70. The summed E-state index contributed by atoms with van der Waals surface area (Å²) in [6, 6.07) is 1.86. The van der Waals surface area contributed by atoms with Gasteiger partial charge in [0.25, 0.3) is 0 Å². The van der Waals surface area contributed by atoms with Crippen LogP contribution < -0.4 is 15.5 Å². The summed E-state index contributed by atoms with van der Waals surface area (Å²) in [7, 11) is 1.84. The van der Waals surface area contributed by atoms with Crippen LogP contribution in [0.4, 0.5) is 5.95 Å². The summed E-state index contributed by atoms with van der Waals surface area (Å²) in [6.45, 7) is 9.45. The van der Waals surface area contributed by atoms with Crippen molar-refractivity contribution in [1.29, 1.82) is 0 Å². The zero-order valence-electron chi connectivity index (χ0n) is 16.5. The van der Waals surface area contributed by atoms with Crippen molar-refractivity contribution in [1.82, 2.24) is 25.5 Å². The molecule has 0 bridgehead atoms.